The predicted molar refractivity (Wildman–Crippen MR) is 119 cm³/mol. The molecule has 1 unspecified atom stereocenters. The smallest absolute Gasteiger partial charge is 0.160 e. The Morgan fingerprint density at radius 1 is 1.21 bits per heavy atom. The Kier molecular flexibility index (Phi) is 7.66. The summed E-state index contributed by atoms with van der Waals surface area (Å²) in [5.41, 5.74) is 3.43. The molecule has 0 aliphatic carbocycles. The lowest BCUT2D eigenvalue weighted by Crippen LogP contribution is -2.10. The van der Waals surface area contributed by atoms with Gasteiger partial charge < -0.3 is 9.84 Å². The molecule has 0 saturated heterocycles. The van der Waals surface area contributed by atoms with Crippen LogP contribution in [-0.2, 0) is 13.1 Å². The van der Waals surface area contributed by atoms with E-state index in [4.69, 9.17) is 4.74 Å². The van der Waals surface area contributed by atoms with Crippen LogP contribution >= 0.6 is 15.9 Å². The van der Waals surface area contributed by atoms with Gasteiger partial charge in [0.15, 0.2) is 11.5 Å². The molecular formula is C23H27BrN2O2. The Bertz CT molecular complexity index is 848. The Hall–Kier alpha value is -2.14. The zero-order chi connectivity index (χ0) is 19.8. The van der Waals surface area contributed by atoms with Gasteiger partial charge >= 0.3 is 0 Å². The van der Waals surface area contributed by atoms with Crippen molar-refractivity contribution < 1.29 is 9.84 Å². The lowest BCUT2D eigenvalue weighted by molar-refractivity contribution is 0.289. The van der Waals surface area contributed by atoms with Crippen LogP contribution in [0, 0.1) is 0 Å². The summed E-state index contributed by atoms with van der Waals surface area (Å²) in [7, 11) is 0. The summed E-state index contributed by atoms with van der Waals surface area (Å²) < 4.78 is 6.74. The summed E-state index contributed by atoms with van der Waals surface area (Å²) in [6, 6.07) is 11.8. The maximum atomic E-state index is 10.2. The minimum Gasteiger partial charge on any atom is -0.504 e. The van der Waals surface area contributed by atoms with E-state index in [1.165, 1.54) is 24.0 Å². The van der Waals surface area contributed by atoms with Crippen LogP contribution in [0.1, 0.15) is 55.2 Å². The second kappa shape index (κ2) is 10.4. The van der Waals surface area contributed by atoms with Crippen LogP contribution in [0.4, 0.5) is 0 Å². The van der Waals surface area contributed by atoms with Crippen molar-refractivity contribution in [3.05, 3.63) is 57.6 Å². The molecule has 0 radical (unpaired) electrons. The van der Waals surface area contributed by atoms with Gasteiger partial charge in [-0.1, -0.05) is 54.2 Å². The Morgan fingerprint density at radius 3 is 2.93 bits per heavy atom. The molecule has 0 aromatic heterocycles. The van der Waals surface area contributed by atoms with Crippen LogP contribution in [0.2, 0.25) is 0 Å². The maximum absolute atomic E-state index is 10.2. The van der Waals surface area contributed by atoms with E-state index in [0.29, 0.717) is 18.9 Å². The van der Waals surface area contributed by atoms with E-state index in [9.17, 15) is 5.11 Å². The Balaban J connectivity index is 1.56. The Morgan fingerprint density at radius 2 is 2.11 bits per heavy atom. The molecule has 28 heavy (non-hydrogen) atoms. The fourth-order valence-electron chi connectivity index (χ4n) is 3.25. The fourth-order valence-corrected chi connectivity index (χ4v) is 3.63. The highest BCUT2D eigenvalue weighted by Gasteiger charge is 2.15. The fraction of sp³-hybridized carbons (Fsp3) is 0.391. The van der Waals surface area contributed by atoms with Gasteiger partial charge in [-0.25, -0.2) is 0 Å². The van der Waals surface area contributed by atoms with Gasteiger partial charge in [0.1, 0.15) is 0 Å². The molecule has 0 amide bonds. The number of aliphatic imine (C=N–C) groups is 2. The topological polar surface area (TPSA) is 54.2 Å². The third kappa shape index (κ3) is 5.68. The molecular weight excluding hydrogens is 416 g/mol. The minimum absolute atomic E-state index is 0.0839. The largest absolute Gasteiger partial charge is 0.504 e. The van der Waals surface area contributed by atoms with Crippen molar-refractivity contribution in [2.75, 3.05) is 6.61 Å². The highest BCUT2D eigenvalue weighted by Crippen LogP contribution is 2.28. The van der Waals surface area contributed by atoms with Crippen molar-refractivity contribution in [3.63, 3.8) is 0 Å². The summed E-state index contributed by atoms with van der Waals surface area (Å²) in [4.78, 5) is 9.02. The van der Waals surface area contributed by atoms with Crippen LogP contribution in [0.25, 0.3) is 0 Å². The number of nitrogens with zero attached hydrogens (tertiary/aromatic N) is 2. The minimum atomic E-state index is 0.0839. The molecule has 1 atom stereocenters. The normalized spacial score (nSPS) is 15.7. The van der Waals surface area contributed by atoms with Gasteiger partial charge in [0.2, 0.25) is 0 Å². The SMILES string of the molecule is CCCCCCOc1ccc(CN=CC2C=NCc3ccc(Br)cc32)cc1O. The summed E-state index contributed by atoms with van der Waals surface area (Å²) in [5.74, 6) is 0.805. The standard InChI is InChI=1S/C23H27BrN2O2/c1-2-3-4-5-10-28-23-9-6-17(11-22(23)27)13-25-15-19-16-26-14-18-7-8-20(24)12-21(18)19/h6-9,11-12,15-16,19,27H,2-5,10,13-14H2,1H3. The highest BCUT2D eigenvalue weighted by atomic mass is 79.9. The number of fused-ring (bicyclic) bond motifs is 1. The van der Waals surface area contributed by atoms with Gasteiger partial charge in [0, 0.05) is 16.9 Å². The number of hydrogen-bond donors (Lipinski definition) is 1. The molecule has 1 N–H and O–H groups in total. The Labute approximate surface area is 175 Å². The molecule has 1 aliphatic rings. The van der Waals surface area contributed by atoms with E-state index in [1.54, 1.807) is 6.07 Å². The number of benzene rings is 2. The van der Waals surface area contributed by atoms with Crippen LogP contribution in [0.3, 0.4) is 0 Å². The molecule has 1 aliphatic heterocycles. The second-order valence-corrected chi connectivity index (χ2v) is 7.98. The number of ether oxygens (including phenoxy) is 1. The first-order valence-corrected chi connectivity index (χ1v) is 10.7. The van der Waals surface area contributed by atoms with Gasteiger partial charge in [0.05, 0.1) is 25.6 Å². The molecule has 1 heterocycles. The van der Waals surface area contributed by atoms with Gasteiger partial charge in [0.25, 0.3) is 0 Å². The zero-order valence-corrected chi connectivity index (χ0v) is 17.9. The van der Waals surface area contributed by atoms with E-state index in [-0.39, 0.29) is 11.7 Å². The number of hydrogen-bond acceptors (Lipinski definition) is 4. The van der Waals surface area contributed by atoms with Crippen LogP contribution in [0.5, 0.6) is 11.5 Å². The van der Waals surface area contributed by atoms with E-state index < -0.39 is 0 Å². The quantitative estimate of drug-likeness (QED) is 0.379. The van der Waals surface area contributed by atoms with Gasteiger partial charge in [-0.3, -0.25) is 9.98 Å². The van der Waals surface area contributed by atoms with Gasteiger partial charge in [-0.05, 0) is 47.4 Å². The van der Waals surface area contributed by atoms with Crippen LogP contribution in [-0.4, -0.2) is 24.1 Å². The molecule has 148 valence electrons. The molecule has 0 saturated carbocycles. The van der Waals surface area contributed by atoms with E-state index >= 15 is 0 Å². The van der Waals surface area contributed by atoms with Crippen molar-refractivity contribution in [3.8, 4) is 11.5 Å². The van der Waals surface area contributed by atoms with Crippen molar-refractivity contribution in [1.29, 1.82) is 0 Å². The van der Waals surface area contributed by atoms with Gasteiger partial charge in [-0.15, -0.1) is 0 Å². The number of halogens is 1. The van der Waals surface area contributed by atoms with Crippen LogP contribution < -0.4 is 4.74 Å². The molecule has 3 rings (SSSR count). The molecule has 2 aromatic carbocycles. The van der Waals surface area contributed by atoms with Crippen molar-refractivity contribution in [2.45, 2.75) is 51.6 Å². The average Bonchev–Trinajstić information content (AvgIpc) is 2.69. The van der Waals surface area contributed by atoms with Crippen LogP contribution in [0.15, 0.2) is 50.9 Å². The molecule has 0 bridgehead atoms. The van der Waals surface area contributed by atoms with E-state index in [1.807, 2.05) is 30.6 Å². The first-order chi connectivity index (χ1) is 13.7. The molecule has 0 fully saturated rings. The lowest BCUT2D eigenvalue weighted by atomic mass is 9.94. The monoisotopic (exact) mass is 442 g/mol. The predicted octanol–water partition coefficient (Wildman–Crippen LogP) is 6.05. The van der Waals surface area contributed by atoms with Crippen molar-refractivity contribution in [1.82, 2.24) is 0 Å². The number of phenolic OH excluding ortho intramolecular Hbond substituents is 1. The second-order valence-electron chi connectivity index (χ2n) is 7.06. The van der Waals surface area contributed by atoms with E-state index in [2.05, 4.69) is 45.0 Å². The number of phenols is 1. The molecule has 4 nitrogen and oxygen atoms in total. The zero-order valence-electron chi connectivity index (χ0n) is 16.3. The maximum Gasteiger partial charge on any atom is 0.160 e. The lowest BCUT2D eigenvalue weighted by Gasteiger charge is -2.17. The summed E-state index contributed by atoms with van der Waals surface area (Å²) in [6.07, 6.45) is 8.48. The summed E-state index contributed by atoms with van der Waals surface area (Å²) in [5, 5.41) is 10.2. The summed E-state index contributed by atoms with van der Waals surface area (Å²) in [6.45, 7) is 4.06. The number of aromatic hydroxyl groups is 1. The first kappa shape index (κ1) is 20.6. The summed E-state index contributed by atoms with van der Waals surface area (Å²) >= 11 is 3.54. The molecule has 5 heteroatoms. The van der Waals surface area contributed by atoms with Crippen molar-refractivity contribution >= 4 is 28.4 Å². The third-order valence-corrected chi connectivity index (χ3v) is 5.31. The molecule has 2 aromatic rings. The third-order valence-electron chi connectivity index (χ3n) is 4.81. The average molecular weight is 443 g/mol. The number of unbranched alkanes of at least 4 members (excludes halogenated alkanes) is 3. The molecule has 0 spiro atoms. The van der Waals surface area contributed by atoms with Gasteiger partial charge in [-0.2, -0.15) is 0 Å². The number of rotatable bonds is 9. The highest BCUT2D eigenvalue weighted by molar-refractivity contribution is 9.10. The first-order valence-electron chi connectivity index (χ1n) is 9.90. The van der Waals surface area contributed by atoms with E-state index in [0.717, 1.165) is 29.4 Å². The van der Waals surface area contributed by atoms with Crippen molar-refractivity contribution in [2.24, 2.45) is 9.98 Å².